The van der Waals surface area contributed by atoms with Gasteiger partial charge in [0.2, 0.25) is 10.0 Å². The van der Waals surface area contributed by atoms with E-state index in [1.165, 1.54) is 21.0 Å². The van der Waals surface area contributed by atoms with Crippen molar-refractivity contribution in [2.45, 2.75) is 50.0 Å². The summed E-state index contributed by atoms with van der Waals surface area (Å²) in [6, 6.07) is 13.0. The summed E-state index contributed by atoms with van der Waals surface area (Å²) < 4.78 is 29.3. The van der Waals surface area contributed by atoms with E-state index in [4.69, 9.17) is 0 Å². The zero-order valence-corrected chi connectivity index (χ0v) is 19.6. The van der Waals surface area contributed by atoms with E-state index in [1.807, 2.05) is 0 Å². The number of amides is 1. The number of carbonyl (C=O) groups is 1. The van der Waals surface area contributed by atoms with Crippen LogP contribution in [0.4, 0.5) is 5.69 Å². The van der Waals surface area contributed by atoms with Gasteiger partial charge in [-0.1, -0.05) is 37.5 Å². The Bertz CT molecular complexity index is 1320. The first kappa shape index (κ1) is 23.0. The molecule has 1 aliphatic rings. The maximum atomic E-state index is 13.2. The number of aromatic nitrogens is 2. The Morgan fingerprint density at radius 2 is 1.82 bits per heavy atom. The van der Waals surface area contributed by atoms with Gasteiger partial charge in [-0.25, -0.2) is 13.2 Å². The molecule has 0 radical (unpaired) electrons. The molecule has 4 rings (SSSR count). The van der Waals surface area contributed by atoms with Crippen molar-refractivity contribution in [2.75, 3.05) is 12.4 Å². The minimum atomic E-state index is -3.72. The van der Waals surface area contributed by atoms with Gasteiger partial charge < -0.3 is 10.3 Å². The highest BCUT2D eigenvalue weighted by molar-refractivity contribution is 7.89. The first-order valence-corrected chi connectivity index (χ1v) is 12.5. The lowest BCUT2D eigenvalue weighted by atomic mass is 9.96. The third kappa shape index (κ3) is 4.65. The van der Waals surface area contributed by atoms with Gasteiger partial charge in [-0.2, -0.15) is 4.31 Å². The van der Waals surface area contributed by atoms with Crippen LogP contribution in [0.5, 0.6) is 0 Å². The number of H-pyrrole nitrogens is 1. The maximum absolute atomic E-state index is 13.2. The van der Waals surface area contributed by atoms with E-state index in [0.717, 1.165) is 32.1 Å². The van der Waals surface area contributed by atoms with Crippen LogP contribution in [-0.4, -0.2) is 41.3 Å². The standard InChI is InChI=1S/C24H28N4O4S/c1-17-16-25-24(30)28(17)22-14-7-6-13-21(22)26-23(29)18-9-8-12-20(15-18)33(31,32)27(2)19-10-4-3-5-11-19/h6-9,12-16,19H,3-5,10-11H2,1-2H3,(H,25,30)(H,26,29). The van der Waals surface area contributed by atoms with Crippen molar-refractivity contribution in [3.8, 4) is 5.69 Å². The Balaban J connectivity index is 1.60. The van der Waals surface area contributed by atoms with Crippen molar-refractivity contribution in [2.24, 2.45) is 0 Å². The van der Waals surface area contributed by atoms with Gasteiger partial charge in [-0.05, 0) is 50.1 Å². The highest BCUT2D eigenvalue weighted by atomic mass is 32.2. The number of hydrogen-bond acceptors (Lipinski definition) is 4. The lowest BCUT2D eigenvalue weighted by Gasteiger charge is -2.30. The van der Waals surface area contributed by atoms with Gasteiger partial charge in [0.1, 0.15) is 0 Å². The number of nitrogens with one attached hydrogen (secondary N) is 2. The fraction of sp³-hybridized carbons (Fsp3) is 0.333. The lowest BCUT2D eigenvalue weighted by Crippen LogP contribution is -2.38. The van der Waals surface area contributed by atoms with Crippen molar-refractivity contribution < 1.29 is 13.2 Å². The molecule has 9 heteroatoms. The van der Waals surface area contributed by atoms with Crippen LogP contribution in [0.15, 0.2) is 64.4 Å². The van der Waals surface area contributed by atoms with Crippen LogP contribution in [-0.2, 0) is 10.0 Å². The van der Waals surface area contributed by atoms with E-state index >= 15 is 0 Å². The van der Waals surface area contributed by atoms with Crippen LogP contribution in [0.1, 0.15) is 48.2 Å². The molecule has 2 aromatic carbocycles. The highest BCUT2D eigenvalue weighted by Gasteiger charge is 2.29. The minimum absolute atomic E-state index is 0.0176. The molecule has 1 amide bonds. The number of anilines is 1. The van der Waals surface area contributed by atoms with Crippen molar-refractivity contribution >= 4 is 21.6 Å². The molecule has 33 heavy (non-hydrogen) atoms. The summed E-state index contributed by atoms with van der Waals surface area (Å²) in [5.41, 5.74) is 1.57. The number of benzene rings is 2. The Morgan fingerprint density at radius 3 is 2.52 bits per heavy atom. The number of nitrogens with zero attached hydrogens (tertiary/aromatic N) is 2. The molecule has 0 unspecified atom stereocenters. The Labute approximate surface area is 193 Å². The number of sulfonamides is 1. The molecular weight excluding hydrogens is 440 g/mol. The second-order valence-electron chi connectivity index (χ2n) is 8.38. The van der Waals surface area contributed by atoms with Crippen molar-refractivity contribution in [1.82, 2.24) is 13.9 Å². The number of rotatable bonds is 6. The summed E-state index contributed by atoms with van der Waals surface area (Å²) in [4.78, 5) is 28.0. The summed E-state index contributed by atoms with van der Waals surface area (Å²) in [5.74, 6) is -0.457. The van der Waals surface area contributed by atoms with Crippen LogP contribution in [0.2, 0.25) is 0 Å². The average molecular weight is 469 g/mol. The van der Waals surface area contributed by atoms with E-state index in [2.05, 4.69) is 10.3 Å². The molecule has 1 aliphatic carbocycles. The van der Waals surface area contributed by atoms with Crippen molar-refractivity contribution in [1.29, 1.82) is 0 Å². The molecule has 0 saturated heterocycles. The molecule has 0 aliphatic heterocycles. The molecule has 3 aromatic rings. The monoisotopic (exact) mass is 468 g/mol. The molecule has 0 spiro atoms. The maximum Gasteiger partial charge on any atom is 0.330 e. The Hall–Kier alpha value is -3.17. The van der Waals surface area contributed by atoms with E-state index in [9.17, 15) is 18.0 Å². The quantitative estimate of drug-likeness (QED) is 0.576. The lowest BCUT2D eigenvalue weighted by molar-refractivity contribution is 0.102. The zero-order chi connectivity index (χ0) is 23.6. The first-order valence-electron chi connectivity index (χ1n) is 11.0. The van der Waals surface area contributed by atoms with Crippen LogP contribution in [0.3, 0.4) is 0 Å². The van der Waals surface area contributed by atoms with E-state index < -0.39 is 15.9 Å². The molecule has 174 valence electrons. The van der Waals surface area contributed by atoms with Crippen molar-refractivity contribution in [3.05, 3.63) is 76.5 Å². The number of aryl methyl sites for hydroxylation is 1. The highest BCUT2D eigenvalue weighted by Crippen LogP contribution is 2.27. The zero-order valence-electron chi connectivity index (χ0n) is 18.7. The summed E-state index contributed by atoms with van der Waals surface area (Å²) in [6.07, 6.45) is 6.48. The molecule has 0 atom stereocenters. The van der Waals surface area contributed by atoms with Gasteiger partial charge in [-0.3, -0.25) is 9.36 Å². The molecule has 1 saturated carbocycles. The predicted molar refractivity (Wildman–Crippen MR) is 127 cm³/mol. The molecule has 2 N–H and O–H groups in total. The van der Waals surface area contributed by atoms with Gasteiger partial charge in [0.05, 0.1) is 16.3 Å². The first-order chi connectivity index (χ1) is 15.8. The molecule has 8 nitrogen and oxygen atoms in total. The second-order valence-corrected chi connectivity index (χ2v) is 10.4. The number of para-hydroxylation sites is 2. The number of aromatic amines is 1. The molecule has 1 fully saturated rings. The summed E-state index contributed by atoms with van der Waals surface area (Å²) in [5, 5.41) is 2.82. The average Bonchev–Trinajstić information content (AvgIpc) is 3.17. The summed E-state index contributed by atoms with van der Waals surface area (Å²) in [6.45, 7) is 1.79. The van der Waals surface area contributed by atoms with E-state index in [0.29, 0.717) is 17.1 Å². The number of imidazole rings is 1. The van der Waals surface area contributed by atoms with Crippen LogP contribution >= 0.6 is 0 Å². The number of carbonyl (C=O) groups excluding carboxylic acids is 1. The van der Waals surface area contributed by atoms with E-state index in [-0.39, 0.29) is 22.2 Å². The normalized spacial score (nSPS) is 15.0. The second kappa shape index (κ2) is 9.36. The summed E-state index contributed by atoms with van der Waals surface area (Å²) in [7, 11) is -2.10. The fourth-order valence-electron chi connectivity index (χ4n) is 4.33. The van der Waals surface area contributed by atoms with Gasteiger partial charge in [0.25, 0.3) is 5.91 Å². The fourth-order valence-corrected chi connectivity index (χ4v) is 5.79. The number of hydrogen-bond donors (Lipinski definition) is 2. The third-order valence-corrected chi connectivity index (χ3v) is 8.12. The predicted octanol–water partition coefficient (Wildman–Crippen LogP) is 3.68. The largest absolute Gasteiger partial charge is 0.330 e. The molecule has 1 aromatic heterocycles. The molecule has 1 heterocycles. The Morgan fingerprint density at radius 1 is 1.09 bits per heavy atom. The van der Waals surface area contributed by atoms with Gasteiger partial charge in [0, 0.05) is 30.5 Å². The Kier molecular flexibility index (Phi) is 6.53. The topological polar surface area (TPSA) is 104 Å². The smallest absolute Gasteiger partial charge is 0.320 e. The third-order valence-electron chi connectivity index (χ3n) is 6.22. The van der Waals surface area contributed by atoms with Gasteiger partial charge >= 0.3 is 5.69 Å². The SMILES string of the molecule is Cc1c[nH]c(=O)n1-c1ccccc1NC(=O)c1cccc(S(=O)(=O)N(C)C2CCCCC2)c1. The van der Waals surface area contributed by atoms with Gasteiger partial charge in [-0.15, -0.1) is 0 Å². The van der Waals surface area contributed by atoms with Crippen LogP contribution in [0.25, 0.3) is 5.69 Å². The van der Waals surface area contributed by atoms with Crippen molar-refractivity contribution in [3.63, 3.8) is 0 Å². The van der Waals surface area contributed by atoms with E-state index in [1.54, 1.807) is 56.6 Å². The summed E-state index contributed by atoms with van der Waals surface area (Å²) >= 11 is 0. The molecular formula is C24H28N4O4S. The molecule has 0 bridgehead atoms. The van der Waals surface area contributed by atoms with Crippen LogP contribution in [0, 0.1) is 6.92 Å². The van der Waals surface area contributed by atoms with Gasteiger partial charge in [0.15, 0.2) is 0 Å². The minimum Gasteiger partial charge on any atom is -0.320 e. The van der Waals surface area contributed by atoms with Crippen LogP contribution < -0.4 is 11.0 Å².